The van der Waals surface area contributed by atoms with Crippen molar-refractivity contribution in [3.63, 3.8) is 0 Å². The van der Waals surface area contributed by atoms with Crippen LogP contribution in [0, 0.1) is 19.7 Å². The second kappa shape index (κ2) is 8.04. The van der Waals surface area contributed by atoms with E-state index in [0.29, 0.717) is 33.8 Å². The first-order chi connectivity index (χ1) is 14.1. The lowest BCUT2D eigenvalue weighted by Gasteiger charge is -2.12. The summed E-state index contributed by atoms with van der Waals surface area (Å²) in [5.41, 5.74) is 7.90. The lowest BCUT2D eigenvalue weighted by atomic mass is 9.98. The van der Waals surface area contributed by atoms with Crippen molar-refractivity contribution >= 4 is 29.1 Å². The van der Waals surface area contributed by atoms with Gasteiger partial charge in [0.15, 0.2) is 0 Å². The lowest BCUT2D eigenvalue weighted by molar-refractivity contribution is -0.130. The standard InChI is InChI=1S/C22H17ClFN3O3/c1-10(22(29)30)13-4-6-15(17(23)8-13)16-7-5-14(9-18(16)24)19-11(2)26-12(3)20(27-19)21(25)28/h4-9H,1H2,2-3H3,(H2,25,28)(H,29,30). The van der Waals surface area contributed by atoms with Gasteiger partial charge in [0.05, 0.1) is 22.7 Å². The fourth-order valence-corrected chi connectivity index (χ4v) is 3.35. The van der Waals surface area contributed by atoms with Crippen LogP contribution in [0.1, 0.15) is 27.4 Å². The Labute approximate surface area is 176 Å². The van der Waals surface area contributed by atoms with E-state index >= 15 is 0 Å². The van der Waals surface area contributed by atoms with Crippen molar-refractivity contribution in [3.8, 4) is 22.4 Å². The highest BCUT2D eigenvalue weighted by Crippen LogP contribution is 2.34. The number of aromatic nitrogens is 2. The second-order valence-electron chi connectivity index (χ2n) is 6.63. The molecule has 1 aromatic heterocycles. The number of carboxylic acid groups (broad SMARTS) is 1. The number of amides is 1. The molecule has 2 aromatic carbocycles. The molecule has 1 heterocycles. The van der Waals surface area contributed by atoms with Crippen LogP contribution in [0.15, 0.2) is 43.0 Å². The first-order valence-electron chi connectivity index (χ1n) is 8.77. The summed E-state index contributed by atoms with van der Waals surface area (Å²) in [5, 5.41) is 9.23. The Hall–Kier alpha value is -3.58. The molecule has 3 N–H and O–H groups in total. The zero-order valence-electron chi connectivity index (χ0n) is 16.2. The molecule has 152 valence electrons. The van der Waals surface area contributed by atoms with Gasteiger partial charge in [-0.15, -0.1) is 0 Å². The lowest BCUT2D eigenvalue weighted by Crippen LogP contribution is -2.17. The van der Waals surface area contributed by atoms with Gasteiger partial charge in [0.25, 0.3) is 5.91 Å². The molecule has 0 radical (unpaired) electrons. The number of halogens is 2. The molecule has 0 bridgehead atoms. The van der Waals surface area contributed by atoms with Crippen LogP contribution < -0.4 is 5.73 Å². The molecule has 0 saturated heterocycles. The van der Waals surface area contributed by atoms with Crippen molar-refractivity contribution in [1.82, 2.24) is 9.97 Å². The Kier molecular flexibility index (Phi) is 5.67. The Morgan fingerprint density at radius 2 is 1.73 bits per heavy atom. The van der Waals surface area contributed by atoms with E-state index in [1.807, 2.05) is 0 Å². The smallest absolute Gasteiger partial charge is 0.335 e. The van der Waals surface area contributed by atoms with Crippen LogP contribution in [0.25, 0.3) is 28.0 Å². The zero-order chi connectivity index (χ0) is 22.2. The van der Waals surface area contributed by atoms with Crippen molar-refractivity contribution in [2.24, 2.45) is 5.73 Å². The maximum atomic E-state index is 14.9. The van der Waals surface area contributed by atoms with E-state index in [1.165, 1.54) is 30.3 Å². The fraction of sp³-hybridized carbons (Fsp3) is 0.0909. The number of carbonyl (C=O) groups excluding carboxylic acids is 1. The van der Waals surface area contributed by atoms with Gasteiger partial charge in [0, 0.05) is 21.7 Å². The molecule has 6 nitrogen and oxygen atoms in total. The number of hydrogen-bond donors (Lipinski definition) is 2. The average molecular weight is 426 g/mol. The minimum atomic E-state index is -1.17. The molecule has 0 saturated carbocycles. The predicted octanol–water partition coefficient (Wildman–Crippen LogP) is 4.42. The third-order valence-electron chi connectivity index (χ3n) is 4.59. The van der Waals surface area contributed by atoms with E-state index in [9.17, 15) is 14.0 Å². The number of carboxylic acids is 1. The Morgan fingerprint density at radius 1 is 1.07 bits per heavy atom. The predicted molar refractivity (Wildman–Crippen MR) is 113 cm³/mol. The number of rotatable bonds is 5. The van der Waals surface area contributed by atoms with Gasteiger partial charge in [-0.25, -0.2) is 14.2 Å². The van der Waals surface area contributed by atoms with Gasteiger partial charge in [-0.3, -0.25) is 9.78 Å². The van der Waals surface area contributed by atoms with Crippen molar-refractivity contribution in [1.29, 1.82) is 0 Å². The van der Waals surface area contributed by atoms with E-state index in [-0.39, 0.29) is 21.9 Å². The Morgan fingerprint density at radius 3 is 2.30 bits per heavy atom. The van der Waals surface area contributed by atoms with Crippen LogP contribution in [-0.2, 0) is 4.79 Å². The normalized spacial score (nSPS) is 10.7. The van der Waals surface area contributed by atoms with Crippen molar-refractivity contribution in [2.45, 2.75) is 13.8 Å². The van der Waals surface area contributed by atoms with Gasteiger partial charge in [0.1, 0.15) is 11.5 Å². The topological polar surface area (TPSA) is 106 Å². The first-order valence-corrected chi connectivity index (χ1v) is 9.15. The van der Waals surface area contributed by atoms with Gasteiger partial charge in [-0.2, -0.15) is 0 Å². The van der Waals surface area contributed by atoms with Crippen molar-refractivity contribution in [3.05, 3.63) is 76.5 Å². The van der Waals surface area contributed by atoms with Crippen molar-refractivity contribution < 1.29 is 19.1 Å². The molecule has 0 atom stereocenters. The summed E-state index contributed by atoms with van der Waals surface area (Å²) < 4.78 is 14.9. The van der Waals surface area contributed by atoms with Crippen LogP contribution in [0.2, 0.25) is 5.02 Å². The zero-order valence-corrected chi connectivity index (χ0v) is 16.9. The minimum absolute atomic E-state index is 0.0253. The van der Waals surface area contributed by atoms with Gasteiger partial charge < -0.3 is 10.8 Å². The van der Waals surface area contributed by atoms with E-state index in [0.717, 1.165) is 0 Å². The monoisotopic (exact) mass is 425 g/mol. The van der Waals surface area contributed by atoms with Gasteiger partial charge in [-0.05, 0) is 31.5 Å². The molecule has 0 aliphatic carbocycles. The summed E-state index contributed by atoms with van der Waals surface area (Å²) in [4.78, 5) is 31.2. The molecule has 0 aliphatic heterocycles. The highest BCUT2D eigenvalue weighted by molar-refractivity contribution is 6.33. The first kappa shape index (κ1) is 21.1. The number of benzene rings is 2. The largest absolute Gasteiger partial charge is 0.478 e. The fourth-order valence-electron chi connectivity index (χ4n) is 3.06. The molecule has 8 heteroatoms. The van der Waals surface area contributed by atoms with Crippen LogP contribution in [0.4, 0.5) is 4.39 Å². The summed E-state index contributed by atoms with van der Waals surface area (Å²) in [7, 11) is 0. The minimum Gasteiger partial charge on any atom is -0.478 e. The SMILES string of the molecule is C=C(C(=O)O)c1ccc(-c2ccc(-c3nc(C(N)=O)c(C)nc3C)cc2F)c(Cl)c1. The highest BCUT2D eigenvalue weighted by Gasteiger charge is 2.17. The van der Waals surface area contributed by atoms with Gasteiger partial charge >= 0.3 is 5.97 Å². The molecule has 1 amide bonds. The molecule has 0 fully saturated rings. The summed E-state index contributed by atoms with van der Waals surface area (Å²) in [5.74, 6) is -2.45. The van der Waals surface area contributed by atoms with Crippen molar-refractivity contribution in [2.75, 3.05) is 0 Å². The Bertz CT molecular complexity index is 1220. The van der Waals surface area contributed by atoms with Crippen LogP contribution in [0.5, 0.6) is 0 Å². The van der Waals surface area contributed by atoms with E-state index in [2.05, 4.69) is 16.5 Å². The third-order valence-corrected chi connectivity index (χ3v) is 4.90. The summed E-state index contributed by atoms with van der Waals surface area (Å²) in [6.45, 7) is 6.81. The van der Waals surface area contributed by atoms with Gasteiger partial charge in [0.2, 0.25) is 0 Å². The summed E-state index contributed by atoms with van der Waals surface area (Å²) >= 11 is 6.27. The maximum Gasteiger partial charge on any atom is 0.335 e. The molecular weight excluding hydrogens is 409 g/mol. The number of nitrogens with two attached hydrogens (primary N) is 1. The highest BCUT2D eigenvalue weighted by atomic mass is 35.5. The number of carbonyl (C=O) groups is 2. The number of aliphatic carboxylic acids is 1. The van der Waals surface area contributed by atoms with E-state index < -0.39 is 17.7 Å². The van der Waals surface area contributed by atoms with Crippen LogP contribution >= 0.6 is 11.6 Å². The van der Waals surface area contributed by atoms with Crippen LogP contribution in [0.3, 0.4) is 0 Å². The Balaban J connectivity index is 2.05. The summed E-state index contributed by atoms with van der Waals surface area (Å²) in [6, 6.07) is 8.91. The van der Waals surface area contributed by atoms with E-state index in [1.54, 1.807) is 19.9 Å². The summed E-state index contributed by atoms with van der Waals surface area (Å²) in [6.07, 6.45) is 0. The van der Waals surface area contributed by atoms with E-state index in [4.69, 9.17) is 22.4 Å². The molecule has 0 unspecified atom stereocenters. The molecule has 30 heavy (non-hydrogen) atoms. The molecule has 0 spiro atoms. The molecule has 0 aliphatic rings. The molecule has 3 aromatic rings. The number of nitrogens with zero attached hydrogens (tertiary/aromatic N) is 2. The third kappa shape index (κ3) is 3.92. The second-order valence-corrected chi connectivity index (χ2v) is 7.04. The molecular formula is C22H17ClFN3O3. The van der Waals surface area contributed by atoms with Gasteiger partial charge in [-0.1, -0.05) is 42.4 Å². The number of hydrogen-bond acceptors (Lipinski definition) is 4. The quantitative estimate of drug-likeness (QED) is 0.588. The van der Waals surface area contributed by atoms with Crippen LogP contribution in [-0.4, -0.2) is 27.0 Å². The molecule has 3 rings (SSSR count). The number of aryl methyl sites for hydroxylation is 2. The average Bonchev–Trinajstić information content (AvgIpc) is 2.67. The number of primary amides is 1. The maximum absolute atomic E-state index is 14.9.